The lowest BCUT2D eigenvalue weighted by atomic mass is 10.2. The third-order valence-electron chi connectivity index (χ3n) is 3.79. The first kappa shape index (κ1) is 15.6. The molecule has 0 radical (unpaired) electrons. The van der Waals surface area contributed by atoms with Crippen LogP contribution in [0.3, 0.4) is 0 Å². The lowest BCUT2D eigenvalue weighted by Gasteiger charge is -2.30. The van der Waals surface area contributed by atoms with Crippen molar-refractivity contribution < 1.29 is 8.42 Å². The third kappa shape index (κ3) is 3.57. The van der Waals surface area contributed by atoms with E-state index in [0.717, 1.165) is 31.9 Å². The summed E-state index contributed by atoms with van der Waals surface area (Å²) in [5.41, 5.74) is 7.97. The molecular weight excluding hydrogens is 312 g/mol. The zero-order valence-electron chi connectivity index (χ0n) is 12.7. The number of para-hydroxylation sites is 1. The Bertz CT molecular complexity index is 772. The molecule has 0 spiro atoms. The number of hydrogen-bond acceptors (Lipinski definition) is 5. The predicted octanol–water partition coefficient (Wildman–Crippen LogP) is 1.48. The van der Waals surface area contributed by atoms with Crippen LogP contribution in [0.15, 0.2) is 53.4 Å². The number of nitrogen functional groups attached to an aromatic ring is 1. The van der Waals surface area contributed by atoms with Crippen LogP contribution >= 0.6 is 0 Å². The fourth-order valence-electron chi connectivity index (χ4n) is 2.61. The van der Waals surface area contributed by atoms with Gasteiger partial charge in [0.05, 0.1) is 16.3 Å². The van der Waals surface area contributed by atoms with Gasteiger partial charge in [0.1, 0.15) is 0 Å². The highest BCUT2D eigenvalue weighted by atomic mass is 32.2. The minimum atomic E-state index is -3.64. The predicted molar refractivity (Wildman–Crippen MR) is 93.2 cm³/mol. The van der Waals surface area contributed by atoms with E-state index in [1.54, 1.807) is 36.4 Å². The van der Waals surface area contributed by atoms with Crippen LogP contribution in [-0.2, 0) is 10.0 Å². The standard InChI is InChI=1S/C16H20N4O2S/c17-15-12-14(6-7-16(15)20-10-8-18-9-11-20)23(21,22)19-13-4-2-1-3-5-13/h1-7,12,18-19H,8-11,17H2. The van der Waals surface area contributed by atoms with Crippen LogP contribution in [0, 0.1) is 0 Å². The number of benzene rings is 2. The van der Waals surface area contributed by atoms with Crippen LogP contribution < -0.4 is 20.7 Å². The van der Waals surface area contributed by atoms with Gasteiger partial charge in [-0.1, -0.05) is 18.2 Å². The van der Waals surface area contributed by atoms with Gasteiger partial charge in [0, 0.05) is 31.9 Å². The van der Waals surface area contributed by atoms with Crippen molar-refractivity contribution >= 4 is 27.1 Å². The molecule has 6 nitrogen and oxygen atoms in total. The van der Waals surface area contributed by atoms with Crippen molar-refractivity contribution in [1.29, 1.82) is 0 Å². The van der Waals surface area contributed by atoms with Gasteiger partial charge in [-0.2, -0.15) is 0 Å². The molecule has 1 fully saturated rings. The molecule has 4 N–H and O–H groups in total. The van der Waals surface area contributed by atoms with Gasteiger partial charge in [-0.3, -0.25) is 4.72 Å². The summed E-state index contributed by atoms with van der Waals surface area (Å²) in [5, 5.41) is 3.28. The molecule has 0 aromatic heterocycles. The first-order chi connectivity index (χ1) is 11.1. The highest BCUT2D eigenvalue weighted by Gasteiger charge is 2.18. The molecule has 2 aromatic rings. The Morgan fingerprint density at radius 2 is 1.74 bits per heavy atom. The maximum atomic E-state index is 12.5. The van der Waals surface area contributed by atoms with Gasteiger partial charge in [0.25, 0.3) is 10.0 Å². The number of rotatable bonds is 4. The van der Waals surface area contributed by atoms with Gasteiger partial charge in [-0.15, -0.1) is 0 Å². The average Bonchev–Trinajstić information content (AvgIpc) is 2.56. The van der Waals surface area contributed by atoms with E-state index in [1.165, 1.54) is 6.07 Å². The Labute approximate surface area is 136 Å². The Kier molecular flexibility index (Phi) is 4.40. The summed E-state index contributed by atoms with van der Waals surface area (Å²) in [7, 11) is -3.64. The quantitative estimate of drug-likeness (QED) is 0.738. The number of nitrogens with two attached hydrogens (primary N) is 1. The number of sulfonamides is 1. The van der Waals surface area contributed by atoms with E-state index in [1.807, 2.05) is 6.07 Å². The van der Waals surface area contributed by atoms with E-state index in [4.69, 9.17) is 5.73 Å². The Morgan fingerprint density at radius 3 is 2.39 bits per heavy atom. The van der Waals surface area contributed by atoms with Crippen molar-refractivity contribution in [3.8, 4) is 0 Å². The fourth-order valence-corrected chi connectivity index (χ4v) is 3.71. The Balaban J connectivity index is 1.84. The zero-order valence-corrected chi connectivity index (χ0v) is 13.5. The minimum absolute atomic E-state index is 0.165. The van der Waals surface area contributed by atoms with Gasteiger partial charge in [0.15, 0.2) is 0 Å². The lowest BCUT2D eigenvalue weighted by molar-refractivity contribution is 0.589. The topological polar surface area (TPSA) is 87.5 Å². The van der Waals surface area contributed by atoms with Gasteiger partial charge in [-0.25, -0.2) is 8.42 Å². The summed E-state index contributed by atoms with van der Waals surface area (Å²) in [6.07, 6.45) is 0. The molecule has 0 amide bonds. The van der Waals surface area contributed by atoms with Gasteiger partial charge < -0.3 is 16.0 Å². The van der Waals surface area contributed by atoms with Crippen molar-refractivity contribution in [1.82, 2.24) is 5.32 Å². The van der Waals surface area contributed by atoms with Crippen LogP contribution in [0.4, 0.5) is 17.1 Å². The molecule has 2 aromatic carbocycles. The summed E-state index contributed by atoms with van der Waals surface area (Å²) in [4.78, 5) is 2.32. The molecule has 7 heteroatoms. The second-order valence-electron chi connectivity index (χ2n) is 5.43. The molecule has 0 unspecified atom stereocenters. The normalized spacial score (nSPS) is 15.4. The van der Waals surface area contributed by atoms with E-state index in [2.05, 4.69) is 14.9 Å². The fraction of sp³-hybridized carbons (Fsp3) is 0.250. The van der Waals surface area contributed by atoms with E-state index in [0.29, 0.717) is 11.4 Å². The summed E-state index contributed by atoms with van der Waals surface area (Å²) < 4.78 is 27.5. The highest BCUT2D eigenvalue weighted by Crippen LogP contribution is 2.27. The monoisotopic (exact) mass is 332 g/mol. The molecule has 23 heavy (non-hydrogen) atoms. The maximum Gasteiger partial charge on any atom is 0.261 e. The van der Waals surface area contributed by atoms with E-state index in [9.17, 15) is 8.42 Å². The lowest BCUT2D eigenvalue weighted by Crippen LogP contribution is -2.43. The Morgan fingerprint density at radius 1 is 1.04 bits per heavy atom. The van der Waals surface area contributed by atoms with Crippen molar-refractivity contribution in [2.24, 2.45) is 0 Å². The van der Waals surface area contributed by atoms with Gasteiger partial charge in [-0.05, 0) is 30.3 Å². The molecule has 1 saturated heterocycles. The molecule has 3 rings (SSSR count). The van der Waals surface area contributed by atoms with E-state index in [-0.39, 0.29) is 4.90 Å². The number of nitrogens with one attached hydrogen (secondary N) is 2. The van der Waals surface area contributed by atoms with Crippen LogP contribution in [0.5, 0.6) is 0 Å². The number of piperazine rings is 1. The number of hydrogen-bond donors (Lipinski definition) is 3. The van der Waals surface area contributed by atoms with Crippen LogP contribution in [0.25, 0.3) is 0 Å². The maximum absolute atomic E-state index is 12.5. The van der Waals surface area contributed by atoms with Crippen molar-refractivity contribution in [3.63, 3.8) is 0 Å². The van der Waals surface area contributed by atoms with Crippen LogP contribution in [-0.4, -0.2) is 34.6 Å². The van der Waals surface area contributed by atoms with E-state index >= 15 is 0 Å². The largest absolute Gasteiger partial charge is 0.397 e. The molecule has 0 saturated carbocycles. The molecule has 1 heterocycles. The molecule has 1 aliphatic heterocycles. The molecular formula is C16H20N4O2S. The van der Waals surface area contributed by atoms with Crippen LogP contribution in [0.1, 0.15) is 0 Å². The van der Waals surface area contributed by atoms with Gasteiger partial charge >= 0.3 is 0 Å². The number of anilines is 3. The smallest absolute Gasteiger partial charge is 0.261 e. The minimum Gasteiger partial charge on any atom is -0.397 e. The molecule has 1 aliphatic rings. The second-order valence-corrected chi connectivity index (χ2v) is 7.11. The van der Waals surface area contributed by atoms with Crippen molar-refractivity contribution in [3.05, 3.63) is 48.5 Å². The molecule has 0 aliphatic carbocycles. The summed E-state index contributed by atoms with van der Waals surface area (Å²) >= 11 is 0. The third-order valence-corrected chi connectivity index (χ3v) is 5.17. The highest BCUT2D eigenvalue weighted by molar-refractivity contribution is 7.92. The summed E-state index contributed by atoms with van der Waals surface area (Å²) in [6, 6.07) is 13.7. The first-order valence-electron chi connectivity index (χ1n) is 7.49. The summed E-state index contributed by atoms with van der Waals surface area (Å²) in [5.74, 6) is 0. The average molecular weight is 332 g/mol. The van der Waals surface area contributed by atoms with Crippen molar-refractivity contribution in [2.45, 2.75) is 4.90 Å². The Hall–Kier alpha value is -2.25. The molecule has 0 atom stereocenters. The van der Waals surface area contributed by atoms with Crippen LogP contribution in [0.2, 0.25) is 0 Å². The summed E-state index contributed by atoms with van der Waals surface area (Å²) in [6.45, 7) is 3.52. The second kappa shape index (κ2) is 6.47. The molecule has 122 valence electrons. The first-order valence-corrected chi connectivity index (χ1v) is 8.98. The van der Waals surface area contributed by atoms with E-state index < -0.39 is 10.0 Å². The zero-order chi connectivity index (χ0) is 16.3. The van der Waals surface area contributed by atoms with Gasteiger partial charge in [0.2, 0.25) is 0 Å². The molecule has 0 bridgehead atoms. The SMILES string of the molecule is Nc1cc(S(=O)(=O)Nc2ccccc2)ccc1N1CCNCC1. The number of nitrogens with zero attached hydrogens (tertiary/aromatic N) is 1. The van der Waals surface area contributed by atoms with Crippen molar-refractivity contribution in [2.75, 3.05) is 41.5 Å².